The van der Waals surface area contributed by atoms with E-state index in [0.717, 1.165) is 0 Å². The number of carbonyl (C=O) groups excluding carboxylic acids is 1. The molecule has 0 aliphatic heterocycles. The van der Waals surface area contributed by atoms with Crippen molar-refractivity contribution in [3.8, 4) is 0 Å². The van der Waals surface area contributed by atoms with E-state index < -0.39 is 6.29 Å². The molecule has 78 valence electrons. The topological polar surface area (TPSA) is 17.1 Å². The fraction of sp³-hybridized carbons (Fsp3) is 0.364. The van der Waals surface area contributed by atoms with E-state index in [0.29, 0.717) is 5.41 Å². The van der Waals surface area contributed by atoms with Gasteiger partial charge in [-0.15, -0.1) is 8.78 Å². The molecule has 1 rings (SSSR count). The molecule has 1 nitrogen and oxygen atoms in total. The number of carbonyl (C=O) groups is 1. The van der Waals surface area contributed by atoms with Gasteiger partial charge in [-0.2, -0.15) is 0 Å². The van der Waals surface area contributed by atoms with Crippen LogP contribution < -0.4 is 0 Å². The van der Waals surface area contributed by atoms with Gasteiger partial charge in [0.05, 0.1) is 0 Å². The Balaban J connectivity index is 0.000000364. The second kappa shape index (κ2) is 5.47. The Bertz CT molecular complexity index is 271. The zero-order valence-electron chi connectivity index (χ0n) is 8.55. The number of rotatable bonds is 0. The van der Waals surface area contributed by atoms with Crippen LogP contribution in [-0.4, -0.2) is 6.29 Å². The summed E-state index contributed by atoms with van der Waals surface area (Å²) in [5, 5.41) is 0. The summed E-state index contributed by atoms with van der Waals surface area (Å²) in [5.74, 6) is 0. The predicted molar refractivity (Wildman–Crippen MR) is 52.8 cm³/mol. The van der Waals surface area contributed by atoms with Crippen LogP contribution >= 0.6 is 0 Å². The van der Waals surface area contributed by atoms with Crippen molar-refractivity contribution >= 4 is 6.29 Å². The molecule has 0 aliphatic carbocycles. The van der Waals surface area contributed by atoms with Crippen molar-refractivity contribution in [1.82, 2.24) is 0 Å². The van der Waals surface area contributed by atoms with E-state index in [1.54, 1.807) is 0 Å². The van der Waals surface area contributed by atoms with E-state index in [1.165, 1.54) is 5.56 Å². The third-order valence-electron chi connectivity index (χ3n) is 1.64. The third-order valence-corrected chi connectivity index (χ3v) is 1.64. The predicted octanol–water partition coefficient (Wildman–Crippen LogP) is 4.03. The van der Waals surface area contributed by atoms with Crippen LogP contribution in [0.5, 0.6) is 0 Å². The molecule has 0 saturated heterocycles. The zero-order valence-corrected chi connectivity index (χ0v) is 8.55. The Kier molecular flexibility index (Phi) is 4.99. The zero-order chi connectivity index (χ0) is 11.2. The molecule has 0 saturated carbocycles. The maximum atomic E-state index is 9.69. The Morgan fingerprint density at radius 3 is 1.64 bits per heavy atom. The highest BCUT2D eigenvalue weighted by Crippen LogP contribution is 2.20. The molecule has 0 amide bonds. The number of hydrogen-bond acceptors (Lipinski definition) is 1. The van der Waals surface area contributed by atoms with E-state index in [4.69, 9.17) is 4.79 Å². The molecule has 0 aromatic heterocycles. The van der Waals surface area contributed by atoms with Gasteiger partial charge in [-0.25, -0.2) is 4.79 Å². The van der Waals surface area contributed by atoms with Gasteiger partial charge < -0.3 is 0 Å². The minimum atomic E-state index is -2.83. The Morgan fingerprint density at radius 2 is 1.43 bits per heavy atom. The van der Waals surface area contributed by atoms with Crippen LogP contribution in [-0.2, 0) is 5.41 Å². The largest absolute Gasteiger partial charge is 0.483 e. The molecule has 3 heteroatoms. The van der Waals surface area contributed by atoms with Gasteiger partial charge in [0, 0.05) is 0 Å². The first kappa shape index (κ1) is 12.8. The lowest BCUT2D eigenvalue weighted by molar-refractivity contribution is 0.199. The molecule has 0 fully saturated rings. The first-order chi connectivity index (χ1) is 6.34. The average molecular weight is 200 g/mol. The summed E-state index contributed by atoms with van der Waals surface area (Å²) in [7, 11) is 0. The highest BCUT2D eigenvalue weighted by atomic mass is 19.3. The highest BCUT2D eigenvalue weighted by molar-refractivity contribution is 5.55. The van der Waals surface area contributed by atoms with Gasteiger partial charge in [0.25, 0.3) is 0 Å². The maximum Gasteiger partial charge on any atom is 0.483 e. The Hall–Kier alpha value is -1.25. The van der Waals surface area contributed by atoms with Crippen LogP contribution in [0.4, 0.5) is 13.6 Å². The summed E-state index contributed by atoms with van der Waals surface area (Å²) in [4.78, 5) is 8.11. The number of hydrogen-bond donors (Lipinski definition) is 0. The second-order valence-corrected chi connectivity index (χ2v) is 3.84. The normalized spacial score (nSPS) is 10.1. The van der Waals surface area contributed by atoms with E-state index >= 15 is 0 Å². The minimum Gasteiger partial charge on any atom is -0.219 e. The minimum absolute atomic E-state index is 0.293. The molecular weight excluding hydrogens is 186 g/mol. The van der Waals surface area contributed by atoms with Crippen LogP contribution in [0.2, 0.25) is 0 Å². The summed E-state index contributed by atoms with van der Waals surface area (Å²) >= 11 is 0. The molecule has 0 unspecified atom stereocenters. The van der Waals surface area contributed by atoms with Crippen LogP contribution in [0.15, 0.2) is 30.3 Å². The van der Waals surface area contributed by atoms with Crippen molar-refractivity contribution in [3.05, 3.63) is 35.9 Å². The molecule has 1 aromatic rings. The SMILES string of the molecule is CC(C)(C)c1ccccc1.O=C(F)F. The lowest BCUT2D eigenvalue weighted by atomic mass is 9.87. The smallest absolute Gasteiger partial charge is 0.219 e. The molecule has 14 heavy (non-hydrogen) atoms. The number of benzene rings is 1. The van der Waals surface area contributed by atoms with Gasteiger partial charge >= 0.3 is 6.29 Å². The first-order valence-corrected chi connectivity index (χ1v) is 4.24. The molecule has 0 radical (unpaired) electrons. The molecule has 0 heterocycles. The van der Waals surface area contributed by atoms with Gasteiger partial charge in [-0.3, -0.25) is 0 Å². The summed E-state index contributed by atoms with van der Waals surface area (Å²) < 4.78 is 19.4. The molecule has 0 atom stereocenters. The molecule has 0 spiro atoms. The van der Waals surface area contributed by atoms with Gasteiger partial charge in [-0.05, 0) is 11.0 Å². The maximum absolute atomic E-state index is 9.69. The number of halogens is 2. The fourth-order valence-corrected chi connectivity index (χ4v) is 0.938. The average Bonchev–Trinajstić information content (AvgIpc) is 2.03. The first-order valence-electron chi connectivity index (χ1n) is 4.24. The van der Waals surface area contributed by atoms with Gasteiger partial charge in [0.2, 0.25) is 0 Å². The summed E-state index contributed by atoms with van der Waals surface area (Å²) in [5.41, 5.74) is 1.69. The Morgan fingerprint density at radius 1 is 1.07 bits per heavy atom. The summed E-state index contributed by atoms with van der Waals surface area (Å²) in [6.45, 7) is 6.67. The highest BCUT2D eigenvalue weighted by Gasteiger charge is 2.11. The van der Waals surface area contributed by atoms with Crippen molar-refractivity contribution < 1.29 is 13.6 Å². The lowest BCUT2D eigenvalue weighted by Crippen LogP contribution is -2.10. The molecular formula is C11H14F2O. The standard InChI is InChI=1S/C10H14.CF2O/c1-10(2,3)9-7-5-4-6-8-9;2-1(3)4/h4-8H,1-3H3;. The fourth-order valence-electron chi connectivity index (χ4n) is 0.938. The van der Waals surface area contributed by atoms with Crippen LogP contribution in [0.3, 0.4) is 0 Å². The molecule has 0 N–H and O–H groups in total. The summed E-state index contributed by atoms with van der Waals surface area (Å²) in [6, 6.07) is 10.6. The molecule has 1 aromatic carbocycles. The third kappa shape index (κ3) is 6.29. The van der Waals surface area contributed by atoms with Crippen LogP contribution in [0.1, 0.15) is 26.3 Å². The van der Waals surface area contributed by atoms with Crippen molar-refractivity contribution in [1.29, 1.82) is 0 Å². The van der Waals surface area contributed by atoms with E-state index in [9.17, 15) is 8.78 Å². The monoisotopic (exact) mass is 200 g/mol. The van der Waals surface area contributed by atoms with Crippen molar-refractivity contribution in [2.24, 2.45) is 0 Å². The van der Waals surface area contributed by atoms with Crippen molar-refractivity contribution in [2.75, 3.05) is 0 Å². The van der Waals surface area contributed by atoms with Crippen molar-refractivity contribution in [2.45, 2.75) is 26.2 Å². The van der Waals surface area contributed by atoms with E-state index in [2.05, 4.69) is 51.1 Å². The summed E-state index contributed by atoms with van der Waals surface area (Å²) in [6.07, 6.45) is -2.83. The lowest BCUT2D eigenvalue weighted by Gasteiger charge is -2.18. The van der Waals surface area contributed by atoms with E-state index in [1.807, 2.05) is 0 Å². The molecule has 0 bridgehead atoms. The van der Waals surface area contributed by atoms with Crippen molar-refractivity contribution in [3.63, 3.8) is 0 Å². The van der Waals surface area contributed by atoms with Gasteiger partial charge in [0.15, 0.2) is 0 Å². The Labute approximate surface area is 82.8 Å². The van der Waals surface area contributed by atoms with Gasteiger partial charge in [-0.1, -0.05) is 51.1 Å². The second-order valence-electron chi connectivity index (χ2n) is 3.84. The quantitative estimate of drug-likeness (QED) is 0.578. The van der Waals surface area contributed by atoms with Crippen LogP contribution in [0.25, 0.3) is 0 Å². The molecule has 0 aliphatic rings. The van der Waals surface area contributed by atoms with Gasteiger partial charge in [0.1, 0.15) is 0 Å². The van der Waals surface area contributed by atoms with Crippen LogP contribution in [0, 0.1) is 0 Å². The van der Waals surface area contributed by atoms with E-state index in [-0.39, 0.29) is 0 Å².